The number of aryl methyl sites for hydroxylation is 1. The van der Waals surface area contributed by atoms with Gasteiger partial charge in [-0.05, 0) is 38.2 Å². The fourth-order valence-electron chi connectivity index (χ4n) is 4.30. The normalized spacial score (nSPS) is 24.1. The van der Waals surface area contributed by atoms with E-state index in [-0.39, 0.29) is 42.5 Å². The summed E-state index contributed by atoms with van der Waals surface area (Å²) in [5.41, 5.74) is 0.840. The smallest absolute Gasteiger partial charge is 0.331 e. The lowest BCUT2D eigenvalue weighted by atomic mass is 9.92. The predicted molar refractivity (Wildman–Crippen MR) is 131 cm³/mol. The van der Waals surface area contributed by atoms with E-state index >= 15 is 0 Å². The Morgan fingerprint density at radius 2 is 1.92 bits per heavy atom. The summed E-state index contributed by atoms with van der Waals surface area (Å²) in [6.07, 6.45) is 2.82. The van der Waals surface area contributed by atoms with Gasteiger partial charge in [-0.3, -0.25) is 9.59 Å². The molecule has 2 heterocycles. The van der Waals surface area contributed by atoms with E-state index in [2.05, 4.69) is 10.3 Å². The number of benzene rings is 1. The molecule has 2 N–H and O–H groups in total. The number of aromatic hydroxyl groups is 1. The molecule has 0 radical (unpaired) electrons. The quantitative estimate of drug-likeness (QED) is 0.512. The van der Waals surface area contributed by atoms with Crippen molar-refractivity contribution in [1.29, 1.82) is 0 Å². The average molecular weight is 513 g/mol. The summed E-state index contributed by atoms with van der Waals surface area (Å²) in [5.74, 6) is -2.53. The second-order valence-electron chi connectivity index (χ2n) is 9.38. The number of carbonyl (C=O) groups is 3. The molecule has 10 nitrogen and oxygen atoms in total. The van der Waals surface area contributed by atoms with Crippen LogP contribution in [0.15, 0.2) is 42.6 Å². The van der Waals surface area contributed by atoms with Gasteiger partial charge in [0.1, 0.15) is 12.2 Å². The van der Waals surface area contributed by atoms with Crippen molar-refractivity contribution in [3.63, 3.8) is 0 Å². The molecule has 0 spiro atoms. The Morgan fingerprint density at radius 3 is 2.62 bits per heavy atom. The summed E-state index contributed by atoms with van der Waals surface area (Å²) in [7, 11) is 1.35. The number of hydrogen-bond acceptors (Lipinski definition) is 9. The highest BCUT2D eigenvalue weighted by atomic mass is 16.6. The summed E-state index contributed by atoms with van der Waals surface area (Å²) in [6, 6.07) is 10.2. The van der Waals surface area contributed by atoms with Crippen LogP contribution in [0, 0.1) is 11.8 Å². The van der Waals surface area contributed by atoms with Crippen LogP contribution in [0.5, 0.6) is 11.5 Å². The van der Waals surface area contributed by atoms with Gasteiger partial charge in [0.15, 0.2) is 23.2 Å². The van der Waals surface area contributed by atoms with Gasteiger partial charge in [-0.1, -0.05) is 30.3 Å². The number of carbonyl (C=O) groups excluding carboxylic acids is 3. The molecule has 10 heteroatoms. The third-order valence-corrected chi connectivity index (χ3v) is 6.57. The summed E-state index contributed by atoms with van der Waals surface area (Å²) < 4.78 is 22.4. The monoisotopic (exact) mass is 512 g/mol. The maximum Gasteiger partial charge on any atom is 0.331 e. The largest absolute Gasteiger partial charge is 0.503 e. The highest BCUT2D eigenvalue weighted by Crippen LogP contribution is 2.33. The number of aromatic nitrogens is 1. The van der Waals surface area contributed by atoms with E-state index in [1.54, 1.807) is 6.92 Å². The minimum atomic E-state index is -1.16. The molecule has 2 aliphatic rings. The maximum atomic E-state index is 13.0. The van der Waals surface area contributed by atoms with Gasteiger partial charge in [-0.15, -0.1) is 0 Å². The number of nitrogens with zero attached hydrogens (tertiary/aromatic N) is 1. The van der Waals surface area contributed by atoms with Gasteiger partial charge in [0.25, 0.3) is 5.91 Å². The molecule has 1 aromatic carbocycles. The zero-order valence-electron chi connectivity index (χ0n) is 20.9. The Bertz CT molecular complexity index is 1100. The highest BCUT2D eigenvalue weighted by Gasteiger charge is 2.40. The molecule has 2 aromatic rings. The van der Waals surface area contributed by atoms with Crippen LogP contribution >= 0.6 is 0 Å². The number of methoxy groups -OCH3 is 1. The summed E-state index contributed by atoms with van der Waals surface area (Å²) in [4.78, 5) is 42.3. The molecular formula is C27H32N2O8. The van der Waals surface area contributed by atoms with E-state index in [9.17, 15) is 19.5 Å². The van der Waals surface area contributed by atoms with Crippen LogP contribution in [-0.2, 0) is 30.2 Å². The minimum Gasteiger partial charge on any atom is -0.503 e. The van der Waals surface area contributed by atoms with Gasteiger partial charge in [-0.25, -0.2) is 9.78 Å². The van der Waals surface area contributed by atoms with Gasteiger partial charge in [0.05, 0.1) is 26.2 Å². The molecule has 0 bridgehead atoms. The third kappa shape index (κ3) is 6.76. The molecule has 1 aliphatic carbocycles. The Kier molecular flexibility index (Phi) is 8.60. The Labute approximate surface area is 215 Å². The number of amides is 1. The molecule has 4 rings (SSSR count). The second kappa shape index (κ2) is 12.1. The molecule has 1 saturated heterocycles. The van der Waals surface area contributed by atoms with Crippen molar-refractivity contribution in [2.75, 3.05) is 20.3 Å². The summed E-state index contributed by atoms with van der Waals surface area (Å²) in [5, 5.41) is 12.8. The topological polar surface area (TPSA) is 133 Å². The van der Waals surface area contributed by atoms with Gasteiger partial charge in [-0.2, -0.15) is 0 Å². The summed E-state index contributed by atoms with van der Waals surface area (Å²) in [6.45, 7) is 1.72. The van der Waals surface area contributed by atoms with Crippen LogP contribution in [0.25, 0.3) is 0 Å². The van der Waals surface area contributed by atoms with Gasteiger partial charge in [0.2, 0.25) is 0 Å². The first kappa shape index (κ1) is 26.4. The van der Waals surface area contributed by atoms with Crippen molar-refractivity contribution in [3.05, 3.63) is 53.9 Å². The lowest BCUT2D eigenvalue weighted by Crippen LogP contribution is -2.46. The number of esters is 2. The number of rotatable bonds is 8. The molecular weight excluding hydrogens is 480 g/mol. The van der Waals surface area contributed by atoms with Crippen LogP contribution in [0.1, 0.15) is 42.2 Å². The molecule has 0 unspecified atom stereocenters. The SMILES string of the molecule is COc1ccnc(C(=O)N[C@H]2COC[C@H](CCc3ccccc3)[C@@H](OC(=O)C3CC3)[C@H](C)OC2=O)c1O. The first-order valence-corrected chi connectivity index (χ1v) is 12.4. The minimum absolute atomic E-state index is 0.0728. The molecule has 1 aliphatic heterocycles. The Balaban J connectivity index is 1.48. The number of pyridine rings is 1. The van der Waals surface area contributed by atoms with Crippen LogP contribution in [0.2, 0.25) is 0 Å². The Hall–Kier alpha value is -3.66. The standard InChI is InChI=1S/C27H32N2O8/c1-16-24(37-26(32)18-10-11-18)19(9-8-17-6-4-3-5-7-17)14-35-15-20(27(33)36-16)29-25(31)22-23(30)21(34-2)12-13-28-22/h3-7,12-13,16,18-20,24,30H,8-11,14-15H2,1-2H3,(H,29,31)/t16-,19-,20-,24-/m0/s1. The fraction of sp³-hybridized carbons (Fsp3) is 0.481. The summed E-state index contributed by atoms with van der Waals surface area (Å²) >= 11 is 0. The molecule has 4 atom stereocenters. The van der Waals surface area contributed by atoms with Gasteiger partial charge < -0.3 is 29.4 Å². The first-order valence-electron chi connectivity index (χ1n) is 12.4. The van der Waals surface area contributed by atoms with Gasteiger partial charge >= 0.3 is 11.9 Å². The lowest BCUT2D eigenvalue weighted by Gasteiger charge is -2.30. The molecule has 1 saturated carbocycles. The van der Waals surface area contributed by atoms with Crippen LogP contribution < -0.4 is 10.1 Å². The zero-order valence-corrected chi connectivity index (χ0v) is 20.9. The van der Waals surface area contributed by atoms with Crippen LogP contribution in [0.4, 0.5) is 0 Å². The molecule has 1 aromatic heterocycles. The van der Waals surface area contributed by atoms with E-state index in [4.69, 9.17) is 18.9 Å². The van der Waals surface area contributed by atoms with Crippen molar-refractivity contribution < 1.29 is 38.4 Å². The van der Waals surface area contributed by atoms with Crippen molar-refractivity contribution in [2.24, 2.45) is 11.8 Å². The predicted octanol–water partition coefficient (Wildman–Crippen LogP) is 2.43. The number of cyclic esters (lactones) is 1. The molecule has 37 heavy (non-hydrogen) atoms. The van der Waals surface area contributed by atoms with Crippen LogP contribution in [-0.4, -0.2) is 66.5 Å². The van der Waals surface area contributed by atoms with Crippen molar-refractivity contribution >= 4 is 17.8 Å². The Morgan fingerprint density at radius 1 is 1.16 bits per heavy atom. The maximum absolute atomic E-state index is 13.0. The van der Waals surface area contributed by atoms with E-state index in [0.29, 0.717) is 6.42 Å². The van der Waals surface area contributed by atoms with E-state index in [0.717, 1.165) is 24.8 Å². The van der Waals surface area contributed by atoms with E-state index < -0.39 is 35.9 Å². The number of nitrogens with one attached hydrogen (secondary N) is 1. The number of ether oxygens (including phenoxy) is 4. The fourth-order valence-corrected chi connectivity index (χ4v) is 4.30. The van der Waals surface area contributed by atoms with Crippen molar-refractivity contribution in [3.8, 4) is 11.5 Å². The van der Waals surface area contributed by atoms with Crippen molar-refractivity contribution in [1.82, 2.24) is 10.3 Å². The molecule has 2 fully saturated rings. The molecule has 198 valence electrons. The number of hydrogen-bond donors (Lipinski definition) is 2. The van der Waals surface area contributed by atoms with Crippen molar-refractivity contribution in [2.45, 2.75) is 50.9 Å². The molecule has 1 amide bonds. The lowest BCUT2D eigenvalue weighted by molar-refractivity contribution is -0.172. The second-order valence-corrected chi connectivity index (χ2v) is 9.38. The first-order chi connectivity index (χ1) is 17.9. The third-order valence-electron chi connectivity index (χ3n) is 6.57. The van der Waals surface area contributed by atoms with E-state index in [1.165, 1.54) is 19.4 Å². The highest BCUT2D eigenvalue weighted by molar-refractivity contribution is 5.98. The van der Waals surface area contributed by atoms with Crippen LogP contribution in [0.3, 0.4) is 0 Å². The average Bonchev–Trinajstić information content (AvgIpc) is 3.74. The zero-order chi connectivity index (χ0) is 26.4. The van der Waals surface area contributed by atoms with Gasteiger partial charge in [0, 0.05) is 18.2 Å². The van der Waals surface area contributed by atoms with E-state index in [1.807, 2.05) is 30.3 Å².